The smallest absolute Gasteiger partial charge is 0.0480 e. The molecule has 0 saturated carbocycles. The molecule has 0 aliphatic carbocycles. The van der Waals surface area contributed by atoms with E-state index < -0.39 is 0 Å². The van der Waals surface area contributed by atoms with Crippen molar-refractivity contribution in [2.75, 3.05) is 19.8 Å². The van der Waals surface area contributed by atoms with E-state index in [0.29, 0.717) is 6.04 Å². The third kappa shape index (κ3) is 6.06. The van der Waals surface area contributed by atoms with Crippen LogP contribution in [0.4, 0.5) is 0 Å². The van der Waals surface area contributed by atoms with Gasteiger partial charge in [0.1, 0.15) is 0 Å². The summed E-state index contributed by atoms with van der Waals surface area (Å²) < 4.78 is 5.41. The van der Waals surface area contributed by atoms with E-state index in [4.69, 9.17) is 16.3 Å². The highest BCUT2D eigenvalue weighted by Crippen LogP contribution is 2.13. The summed E-state index contributed by atoms with van der Waals surface area (Å²) in [6.45, 7) is 6.74. The predicted octanol–water partition coefficient (Wildman–Crippen LogP) is 3.29. The largest absolute Gasteiger partial charge is 0.382 e. The van der Waals surface area contributed by atoms with Crippen LogP contribution in [0.25, 0.3) is 0 Å². The van der Waals surface area contributed by atoms with E-state index in [1.54, 1.807) is 0 Å². The van der Waals surface area contributed by atoms with Crippen molar-refractivity contribution in [3.63, 3.8) is 0 Å². The second kappa shape index (κ2) is 8.51. The molecular weight excluding hydrogens is 234 g/mol. The Morgan fingerprint density at radius 1 is 1.35 bits per heavy atom. The van der Waals surface area contributed by atoms with Gasteiger partial charge in [-0.15, -0.1) is 0 Å². The fraction of sp³-hybridized carbons (Fsp3) is 0.571. The van der Waals surface area contributed by atoms with Crippen molar-refractivity contribution >= 4 is 11.6 Å². The summed E-state index contributed by atoms with van der Waals surface area (Å²) in [7, 11) is 0. The standard InChI is InChI=1S/C14H22ClNO/c1-3-16-14(8-9-17-4-2)11-12-6-5-7-13(15)10-12/h5-7,10,14,16H,3-4,8-9,11H2,1-2H3. The molecule has 1 atom stereocenters. The predicted molar refractivity (Wildman–Crippen MR) is 73.7 cm³/mol. The number of rotatable bonds is 8. The topological polar surface area (TPSA) is 21.3 Å². The maximum absolute atomic E-state index is 5.99. The molecule has 0 spiro atoms. The Hall–Kier alpha value is -0.570. The van der Waals surface area contributed by atoms with Crippen molar-refractivity contribution in [3.8, 4) is 0 Å². The summed E-state index contributed by atoms with van der Waals surface area (Å²) >= 11 is 5.99. The molecule has 1 aromatic carbocycles. The molecule has 2 nitrogen and oxygen atoms in total. The molecule has 1 N–H and O–H groups in total. The summed E-state index contributed by atoms with van der Waals surface area (Å²) in [5, 5.41) is 4.29. The third-order valence-corrected chi connectivity index (χ3v) is 2.91. The zero-order valence-electron chi connectivity index (χ0n) is 10.7. The number of likely N-dealkylation sites (N-methyl/N-ethyl adjacent to an activating group) is 1. The van der Waals surface area contributed by atoms with Crippen LogP contribution in [0, 0.1) is 0 Å². The lowest BCUT2D eigenvalue weighted by molar-refractivity contribution is 0.136. The monoisotopic (exact) mass is 255 g/mol. The molecule has 0 aliphatic heterocycles. The molecule has 1 aromatic rings. The molecule has 0 radical (unpaired) electrons. The average Bonchev–Trinajstić information content (AvgIpc) is 2.29. The normalized spacial score (nSPS) is 12.6. The summed E-state index contributed by atoms with van der Waals surface area (Å²) in [6, 6.07) is 8.53. The van der Waals surface area contributed by atoms with Gasteiger partial charge in [0.25, 0.3) is 0 Å². The van der Waals surface area contributed by atoms with E-state index in [1.165, 1.54) is 5.56 Å². The van der Waals surface area contributed by atoms with E-state index in [2.05, 4.69) is 18.3 Å². The molecule has 3 heteroatoms. The molecule has 0 aromatic heterocycles. The van der Waals surface area contributed by atoms with E-state index in [-0.39, 0.29) is 0 Å². The first kappa shape index (κ1) is 14.5. The van der Waals surface area contributed by atoms with E-state index in [0.717, 1.165) is 37.6 Å². The maximum Gasteiger partial charge on any atom is 0.0480 e. The number of halogens is 1. The molecule has 1 rings (SSSR count). The van der Waals surface area contributed by atoms with Crippen LogP contribution in [0.2, 0.25) is 5.02 Å². The summed E-state index contributed by atoms with van der Waals surface area (Å²) in [5.41, 5.74) is 1.28. The number of nitrogens with one attached hydrogen (secondary N) is 1. The molecule has 0 saturated heterocycles. The second-order valence-electron chi connectivity index (χ2n) is 4.07. The number of hydrogen-bond donors (Lipinski definition) is 1. The van der Waals surface area contributed by atoms with Gasteiger partial charge >= 0.3 is 0 Å². The minimum Gasteiger partial charge on any atom is -0.382 e. The summed E-state index contributed by atoms with van der Waals surface area (Å²) in [4.78, 5) is 0. The van der Waals surface area contributed by atoms with Crippen molar-refractivity contribution in [1.29, 1.82) is 0 Å². The molecule has 0 aliphatic rings. The zero-order chi connectivity index (χ0) is 12.5. The van der Waals surface area contributed by atoms with Crippen molar-refractivity contribution in [3.05, 3.63) is 34.9 Å². The number of benzene rings is 1. The SMILES string of the molecule is CCNC(CCOCC)Cc1cccc(Cl)c1. The first-order valence-electron chi connectivity index (χ1n) is 6.31. The number of ether oxygens (including phenoxy) is 1. The average molecular weight is 256 g/mol. The van der Waals surface area contributed by atoms with Crippen LogP contribution in [-0.2, 0) is 11.2 Å². The Labute approximate surface area is 109 Å². The lowest BCUT2D eigenvalue weighted by Crippen LogP contribution is -2.32. The quantitative estimate of drug-likeness (QED) is 0.720. The van der Waals surface area contributed by atoms with Gasteiger partial charge in [-0.1, -0.05) is 30.7 Å². The van der Waals surface area contributed by atoms with Crippen LogP contribution in [-0.4, -0.2) is 25.8 Å². The van der Waals surface area contributed by atoms with Crippen LogP contribution in [0.15, 0.2) is 24.3 Å². The molecule has 0 amide bonds. The molecule has 96 valence electrons. The Morgan fingerprint density at radius 2 is 2.18 bits per heavy atom. The highest BCUT2D eigenvalue weighted by atomic mass is 35.5. The van der Waals surface area contributed by atoms with Gasteiger partial charge in [0.15, 0.2) is 0 Å². The highest BCUT2D eigenvalue weighted by molar-refractivity contribution is 6.30. The van der Waals surface area contributed by atoms with E-state index >= 15 is 0 Å². The Morgan fingerprint density at radius 3 is 2.82 bits per heavy atom. The van der Waals surface area contributed by atoms with Gasteiger partial charge in [0.2, 0.25) is 0 Å². The second-order valence-corrected chi connectivity index (χ2v) is 4.51. The van der Waals surface area contributed by atoms with E-state index in [9.17, 15) is 0 Å². The third-order valence-electron chi connectivity index (χ3n) is 2.68. The van der Waals surface area contributed by atoms with Gasteiger partial charge in [-0.3, -0.25) is 0 Å². The first-order valence-corrected chi connectivity index (χ1v) is 6.69. The molecular formula is C14H22ClNO. The fourth-order valence-electron chi connectivity index (χ4n) is 1.88. The van der Waals surface area contributed by atoms with Gasteiger partial charge in [0.05, 0.1) is 0 Å². The van der Waals surface area contributed by atoms with Gasteiger partial charge in [-0.2, -0.15) is 0 Å². The summed E-state index contributed by atoms with van der Waals surface area (Å²) in [5.74, 6) is 0. The maximum atomic E-state index is 5.99. The van der Waals surface area contributed by atoms with Crippen LogP contribution in [0.5, 0.6) is 0 Å². The molecule has 0 heterocycles. The first-order chi connectivity index (χ1) is 8.26. The molecule has 0 bridgehead atoms. The van der Waals surface area contributed by atoms with Gasteiger partial charge in [-0.25, -0.2) is 0 Å². The van der Waals surface area contributed by atoms with Gasteiger partial charge in [0, 0.05) is 24.3 Å². The van der Waals surface area contributed by atoms with Crippen molar-refractivity contribution in [2.45, 2.75) is 32.7 Å². The van der Waals surface area contributed by atoms with Gasteiger partial charge < -0.3 is 10.1 Å². The highest BCUT2D eigenvalue weighted by Gasteiger charge is 2.08. The lowest BCUT2D eigenvalue weighted by Gasteiger charge is -2.18. The lowest BCUT2D eigenvalue weighted by atomic mass is 10.0. The van der Waals surface area contributed by atoms with Crippen LogP contribution < -0.4 is 5.32 Å². The number of hydrogen-bond acceptors (Lipinski definition) is 2. The van der Waals surface area contributed by atoms with Crippen molar-refractivity contribution in [1.82, 2.24) is 5.32 Å². The Bertz CT molecular complexity index is 317. The summed E-state index contributed by atoms with van der Waals surface area (Å²) in [6.07, 6.45) is 2.04. The Balaban J connectivity index is 2.47. The van der Waals surface area contributed by atoms with E-state index in [1.807, 2.05) is 25.1 Å². The molecule has 17 heavy (non-hydrogen) atoms. The molecule has 0 fully saturated rings. The minimum absolute atomic E-state index is 0.463. The van der Waals surface area contributed by atoms with Crippen LogP contribution >= 0.6 is 11.6 Å². The Kier molecular flexibility index (Phi) is 7.25. The van der Waals surface area contributed by atoms with Crippen LogP contribution in [0.1, 0.15) is 25.8 Å². The molecule has 1 unspecified atom stereocenters. The van der Waals surface area contributed by atoms with Crippen molar-refractivity contribution < 1.29 is 4.74 Å². The van der Waals surface area contributed by atoms with Crippen LogP contribution in [0.3, 0.4) is 0 Å². The minimum atomic E-state index is 0.463. The van der Waals surface area contributed by atoms with Crippen molar-refractivity contribution in [2.24, 2.45) is 0 Å². The van der Waals surface area contributed by atoms with Gasteiger partial charge in [-0.05, 0) is 44.0 Å². The zero-order valence-corrected chi connectivity index (χ0v) is 11.5. The fourth-order valence-corrected chi connectivity index (χ4v) is 2.10.